The van der Waals surface area contributed by atoms with E-state index >= 15 is 0 Å². The minimum absolute atomic E-state index is 0.00518. The number of fused-ring (bicyclic) bond motifs is 3. The van der Waals surface area contributed by atoms with Crippen molar-refractivity contribution in [1.82, 2.24) is 14.9 Å². The van der Waals surface area contributed by atoms with Crippen LogP contribution in [0.25, 0.3) is 0 Å². The fraction of sp³-hybridized carbons (Fsp3) is 0.696. The lowest BCUT2D eigenvalue weighted by Crippen LogP contribution is -2.53. The highest BCUT2D eigenvalue weighted by Crippen LogP contribution is 2.39. The Labute approximate surface area is 190 Å². The van der Waals surface area contributed by atoms with Gasteiger partial charge < -0.3 is 20.7 Å². The van der Waals surface area contributed by atoms with E-state index in [0.717, 1.165) is 50.2 Å². The molecule has 3 saturated heterocycles. The van der Waals surface area contributed by atoms with Crippen LogP contribution < -0.4 is 20.7 Å². The maximum atomic E-state index is 13.2. The molecule has 1 amide bonds. The number of carbonyl (C=O) groups excluding carboxylic acids is 1. The molecule has 0 aromatic heterocycles. The molecule has 32 heavy (non-hydrogen) atoms. The van der Waals surface area contributed by atoms with Crippen LogP contribution in [0.1, 0.15) is 55.8 Å². The van der Waals surface area contributed by atoms with Gasteiger partial charge in [0, 0.05) is 23.7 Å². The quantitative estimate of drug-likeness (QED) is 0.618. The summed E-state index contributed by atoms with van der Waals surface area (Å²) < 4.78 is 34.0. The van der Waals surface area contributed by atoms with Gasteiger partial charge in [0.25, 0.3) is 5.91 Å². The molecule has 1 unspecified atom stereocenters. The smallest absolute Gasteiger partial charge is 0.251 e. The Bertz CT molecular complexity index is 949. The molecular weight excluding hydrogens is 428 g/mol. The lowest BCUT2D eigenvalue weighted by Gasteiger charge is -2.39. The van der Waals surface area contributed by atoms with Gasteiger partial charge in [-0.2, -0.15) is 4.31 Å². The molecule has 0 saturated carbocycles. The second kappa shape index (κ2) is 8.83. The van der Waals surface area contributed by atoms with Crippen LogP contribution >= 0.6 is 0 Å². The summed E-state index contributed by atoms with van der Waals surface area (Å²) in [7, 11) is -3.27. The van der Waals surface area contributed by atoms with E-state index in [1.54, 1.807) is 10.4 Å². The van der Waals surface area contributed by atoms with Gasteiger partial charge in [-0.25, -0.2) is 8.42 Å². The van der Waals surface area contributed by atoms with Crippen LogP contribution in [0.2, 0.25) is 0 Å². The minimum atomic E-state index is -3.27. The van der Waals surface area contributed by atoms with Crippen molar-refractivity contribution in [1.29, 1.82) is 0 Å². The summed E-state index contributed by atoms with van der Waals surface area (Å²) in [6, 6.07) is 5.49. The number of anilines is 1. The molecule has 3 N–H and O–H groups in total. The van der Waals surface area contributed by atoms with Crippen LogP contribution in [-0.4, -0.2) is 68.2 Å². The maximum absolute atomic E-state index is 13.2. The SMILES string of the molecule is C[C@@H]1CNc2cc(C(=O)NC3C[C@H]4CC[C@@H](C3)N4S(=O)(=O)CC3CCNCC3)ccc2O1. The van der Waals surface area contributed by atoms with Crippen molar-refractivity contribution in [2.24, 2.45) is 5.92 Å². The fourth-order valence-electron chi connectivity index (χ4n) is 5.83. The lowest BCUT2D eigenvalue weighted by molar-refractivity contribution is 0.0909. The largest absolute Gasteiger partial charge is 0.487 e. The number of carbonyl (C=O) groups is 1. The van der Waals surface area contributed by atoms with Crippen molar-refractivity contribution in [3.63, 3.8) is 0 Å². The predicted molar refractivity (Wildman–Crippen MR) is 124 cm³/mol. The Morgan fingerprint density at radius 2 is 1.88 bits per heavy atom. The zero-order valence-electron chi connectivity index (χ0n) is 18.7. The zero-order valence-corrected chi connectivity index (χ0v) is 19.5. The molecule has 5 rings (SSSR count). The summed E-state index contributed by atoms with van der Waals surface area (Å²) in [5, 5.41) is 9.78. The van der Waals surface area contributed by atoms with Crippen molar-refractivity contribution in [3.05, 3.63) is 23.8 Å². The highest BCUT2D eigenvalue weighted by atomic mass is 32.2. The van der Waals surface area contributed by atoms with Crippen molar-refractivity contribution >= 4 is 21.6 Å². The summed E-state index contributed by atoms with van der Waals surface area (Å²) in [5.41, 5.74) is 1.44. The first kappa shape index (κ1) is 22.0. The fourth-order valence-corrected chi connectivity index (χ4v) is 8.22. The topological polar surface area (TPSA) is 99.8 Å². The Morgan fingerprint density at radius 1 is 1.16 bits per heavy atom. The van der Waals surface area contributed by atoms with Crippen LogP contribution in [0.5, 0.6) is 5.75 Å². The molecule has 4 aliphatic heterocycles. The molecule has 1 aromatic rings. The first-order valence-electron chi connectivity index (χ1n) is 12.0. The average Bonchev–Trinajstić information content (AvgIpc) is 3.06. The number of hydrogen-bond donors (Lipinski definition) is 3. The van der Waals surface area contributed by atoms with Gasteiger partial charge >= 0.3 is 0 Å². The summed E-state index contributed by atoms with van der Waals surface area (Å²) in [5.74, 6) is 1.18. The standard InChI is InChI=1S/C23H34N4O4S/c1-15-13-25-21-10-17(2-5-22(21)31-15)23(28)26-18-11-19-3-4-20(12-18)27(19)32(29,30)14-16-6-8-24-9-7-16/h2,5,10,15-16,18-20,24-25H,3-4,6-9,11-14H2,1H3,(H,26,28)/t15-,18?,19-,20+/m1/s1. The molecule has 8 nitrogen and oxygen atoms in total. The molecule has 4 atom stereocenters. The molecule has 2 bridgehead atoms. The maximum Gasteiger partial charge on any atom is 0.251 e. The summed E-state index contributed by atoms with van der Waals surface area (Å²) in [6.07, 6.45) is 5.13. The Kier molecular flexibility index (Phi) is 6.07. The number of nitrogens with one attached hydrogen (secondary N) is 3. The highest BCUT2D eigenvalue weighted by Gasteiger charge is 2.47. The molecular formula is C23H34N4O4S. The van der Waals surface area contributed by atoms with Gasteiger partial charge in [-0.15, -0.1) is 0 Å². The lowest BCUT2D eigenvalue weighted by atomic mass is 9.99. The average molecular weight is 463 g/mol. The van der Waals surface area contributed by atoms with Crippen molar-refractivity contribution in [2.75, 3.05) is 30.7 Å². The van der Waals surface area contributed by atoms with Gasteiger partial charge in [0.05, 0.1) is 18.0 Å². The first-order chi connectivity index (χ1) is 15.4. The van der Waals surface area contributed by atoms with Crippen LogP contribution in [0.3, 0.4) is 0 Å². The Hall–Kier alpha value is -1.84. The molecule has 1 aromatic carbocycles. The van der Waals surface area contributed by atoms with E-state index in [1.807, 2.05) is 19.1 Å². The van der Waals surface area contributed by atoms with Gasteiger partial charge in [-0.05, 0) is 82.7 Å². The second-order valence-corrected chi connectivity index (χ2v) is 11.8. The van der Waals surface area contributed by atoms with Crippen LogP contribution in [-0.2, 0) is 10.0 Å². The van der Waals surface area contributed by atoms with Gasteiger partial charge in [-0.3, -0.25) is 4.79 Å². The summed E-state index contributed by atoms with van der Waals surface area (Å²) in [4.78, 5) is 12.9. The normalized spacial score (nSPS) is 30.8. The molecule has 9 heteroatoms. The first-order valence-corrected chi connectivity index (χ1v) is 13.6. The van der Waals surface area contributed by atoms with E-state index < -0.39 is 10.0 Å². The molecule has 0 aliphatic carbocycles. The number of sulfonamides is 1. The molecule has 0 spiro atoms. The second-order valence-electron chi connectivity index (χ2n) is 9.85. The number of amides is 1. The molecule has 0 radical (unpaired) electrons. The monoisotopic (exact) mass is 462 g/mol. The van der Waals surface area contributed by atoms with Crippen molar-refractivity contribution in [2.45, 2.75) is 69.7 Å². The van der Waals surface area contributed by atoms with E-state index in [0.29, 0.717) is 24.9 Å². The Balaban J connectivity index is 1.21. The molecule has 176 valence electrons. The molecule has 4 heterocycles. The number of ether oxygens (including phenoxy) is 1. The van der Waals surface area contributed by atoms with Crippen molar-refractivity contribution in [3.8, 4) is 5.75 Å². The number of piperidine rings is 2. The van der Waals surface area contributed by atoms with Gasteiger partial charge in [0.15, 0.2) is 0 Å². The van der Waals surface area contributed by atoms with Gasteiger partial charge in [0.1, 0.15) is 11.9 Å². The number of hydrogen-bond acceptors (Lipinski definition) is 6. The summed E-state index contributed by atoms with van der Waals surface area (Å²) >= 11 is 0. The molecule has 3 fully saturated rings. The highest BCUT2D eigenvalue weighted by molar-refractivity contribution is 7.89. The van der Waals surface area contributed by atoms with Crippen LogP contribution in [0.15, 0.2) is 18.2 Å². The van der Waals surface area contributed by atoms with E-state index in [9.17, 15) is 13.2 Å². The third-order valence-electron chi connectivity index (χ3n) is 7.38. The zero-order chi connectivity index (χ0) is 22.3. The van der Waals surface area contributed by atoms with E-state index in [2.05, 4.69) is 16.0 Å². The van der Waals surface area contributed by atoms with Crippen LogP contribution in [0.4, 0.5) is 5.69 Å². The third-order valence-corrected chi connectivity index (χ3v) is 9.51. The van der Waals surface area contributed by atoms with E-state index in [1.165, 1.54) is 0 Å². The number of rotatable bonds is 5. The van der Waals surface area contributed by atoms with Crippen LogP contribution in [0, 0.1) is 5.92 Å². The minimum Gasteiger partial charge on any atom is -0.487 e. The van der Waals surface area contributed by atoms with Crippen molar-refractivity contribution < 1.29 is 17.9 Å². The number of nitrogens with zero attached hydrogens (tertiary/aromatic N) is 1. The third kappa shape index (κ3) is 4.47. The Morgan fingerprint density at radius 3 is 2.59 bits per heavy atom. The molecule has 4 aliphatic rings. The number of benzene rings is 1. The predicted octanol–water partition coefficient (Wildman–Crippen LogP) is 1.93. The van der Waals surface area contributed by atoms with Gasteiger partial charge in [-0.1, -0.05) is 0 Å². The van der Waals surface area contributed by atoms with E-state index in [4.69, 9.17) is 4.74 Å². The van der Waals surface area contributed by atoms with E-state index in [-0.39, 0.29) is 41.8 Å². The van der Waals surface area contributed by atoms with Gasteiger partial charge in [0.2, 0.25) is 10.0 Å². The summed E-state index contributed by atoms with van der Waals surface area (Å²) in [6.45, 7) is 4.53.